The summed E-state index contributed by atoms with van der Waals surface area (Å²) in [6.45, 7) is 3.32. The first-order chi connectivity index (χ1) is 14.3. The quantitative estimate of drug-likeness (QED) is 0.513. The summed E-state index contributed by atoms with van der Waals surface area (Å²) in [7, 11) is 2.06. The molecule has 0 aliphatic rings. The molecule has 0 bridgehead atoms. The monoisotopic (exact) mass is 379 g/mol. The Labute approximate surface area is 175 Å². The molecule has 0 saturated carbocycles. The second-order valence-electron chi connectivity index (χ2n) is 7.33. The first-order valence-corrected chi connectivity index (χ1v) is 10.5. The van der Waals surface area contributed by atoms with E-state index in [1.807, 2.05) is 0 Å². The summed E-state index contributed by atoms with van der Waals surface area (Å²) in [5, 5.41) is 2.12. The molecule has 0 aliphatic carbocycles. The van der Waals surface area contributed by atoms with Crippen molar-refractivity contribution >= 4 is 28.0 Å². The van der Waals surface area contributed by atoms with Gasteiger partial charge in [0.05, 0.1) is 13.6 Å². The number of nitrogens with two attached hydrogens (primary N) is 1. The maximum atomic E-state index is 2.26. The highest BCUT2D eigenvalue weighted by molar-refractivity contribution is 7.19. The minimum Gasteiger partial charge on any atom is -0.349 e. The summed E-state index contributed by atoms with van der Waals surface area (Å²) in [6.07, 6.45) is -1.22. The molecule has 4 rings (SSSR count). The molecular weight excluding hydrogens is 349 g/mol. The van der Waals surface area contributed by atoms with Crippen LogP contribution in [0.5, 0.6) is 0 Å². The van der Waals surface area contributed by atoms with Gasteiger partial charge in [0.25, 0.3) is 0 Å². The standard InChI is InChI=1S/C24H20B.C3H9N/c1-5-13-21(14-6-1)25(22-15-7-2-8-16-22,23-17-9-3-10-18-23)24-19-11-4-12-20-24;1-3-4-2/h1-20H;4H,3H2,1-2H3/q-1;/p+1. The minimum absolute atomic E-state index is 1.19. The van der Waals surface area contributed by atoms with E-state index in [0.717, 1.165) is 0 Å². The molecule has 0 amide bonds. The van der Waals surface area contributed by atoms with Crippen molar-refractivity contribution < 1.29 is 5.32 Å². The highest BCUT2D eigenvalue weighted by Crippen LogP contribution is 2.09. The fourth-order valence-corrected chi connectivity index (χ4v) is 4.12. The van der Waals surface area contributed by atoms with E-state index in [2.05, 4.69) is 141 Å². The molecule has 0 fully saturated rings. The number of hydrogen-bond acceptors (Lipinski definition) is 0. The van der Waals surface area contributed by atoms with Crippen molar-refractivity contribution in [1.82, 2.24) is 0 Å². The van der Waals surface area contributed by atoms with E-state index in [9.17, 15) is 0 Å². The van der Waals surface area contributed by atoms with Crippen LogP contribution in [-0.2, 0) is 0 Å². The van der Waals surface area contributed by atoms with E-state index in [-0.39, 0.29) is 0 Å². The molecular formula is C27H30BN. The summed E-state index contributed by atoms with van der Waals surface area (Å²) >= 11 is 0. The third-order valence-corrected chi connectivity index (χ3v) is 5.61. The van der Waals surface area contributed by atoms with E-state index >= 15 is 0 Å². The van der Waals surface area contributed by atoms with Crippen molar-refractivity contribution in [2.45, 2.75) is 6.92 Å². The molecule has 2 heteroatoms. The van der Waals surface area contributed by atoms with Crippen LogP contribution < -0.4 is 27.2 Å². The highest BCUT2D eigenvalue weighted by Gasteiger charge is 2.30. The number of quaternary nitrogens is 1. The zero-order valence-electron chi connectivity index (χ0n) is 17.4. The van der Waals surface area contributed by atoms with Crippen LogP contribution in [0.2, 0.25) is 0 Å². The van der Waals surface area contributed by atoms with Gasteiger partial charge in [0.15, 0.2) is 0 Å². The van der Waals surface area contributed by atoms with Crippen LogP contribution in [0.3, 0.4) is 0 Å². The summed E-state index contributed by atoms with van der Waals surface area (Å²) < 4.78 is 0. The van der Waals surface area contributed by atoms with Gasteiger partial charge >= 0.3 is 0 Å². The average molecular weight is 379 g/mol. The Morgan fingerprint density at radius 1 is 0.483 bits per heavy atom. The SMILES string of the molecule is CC[NH2+]C.c1ccc([B-](c2ccccc2)(c2ccccc2)c2ccccc2)cc1. The Morgan fingerprint density at radius 3 is 0.862 bits per heavy atom. The van der Waals surface area contributed by atoms with Crippen LogP contribution in [-0.4, -0.2) is 19.7 Å². The smallest absolute Gasteiger partial charge is 0.108 e. The number of benzene rings is 4. The lowest BCUT2D eigenvalue weighted by molar-refractivity contribution is -0.623. The Morgan fingerprint density at radius 2 is 0.690 bits per heavy atom. The lowest BCUT2D eigenvalue weighted by atomic mass is 9.13. The second kappa shape index (κ2) is 10.4. The first-order valence-electron chi connectivity index (χ1n) is 10.5. The molecule has 1 nitrogen and oxygen atoms in total. The first kappa shape index (κ1) is 20.6. The fourth-order valence-electron chi connectivity index (χ4n) is 4.12. The minimum atomic E-state index is -1.22. The van der Waals surface area contributed by atoms with Gasteiger partial charge in [-0.3, -0.25) is 0 Å². The van der Waals surface area contributed by atoms with E-state index in [0.29, 0.717) is 0 Å². The Balaban J connectivity index is 0.000000552. The topological polar surface area (TPSA) is 16.6 Å². The van der Waals surface area contributed by atoms with Gasteiger partial charge in [-0.1, -0.05) is 121 Å². The van der Waals surface area contributed by atoms with Gasteiger partial charge in [-0.2, -0.15) is 21.9 Å². The Bertz CT molecular complexity index is 789. The van der Waals surface area contributed by atoms with E-state index < -0.39 is 6.15 Å². The van der Waals surface area contributed by atoms with Crippen LogP contribution in [0.1, 0.15) is 6.92 Å². The maximum Gasteiger partial charge on any atom is 0.108 e. The molecule has 29 heavy (non-hydrogen) atoms. The fraction of sp³-hybridized carbons (Fsp3) is 0.111. The summed E-state index contributed by atoms with van der Waals surface area (Å²) in [4.78, 5) is 0. The molecule has 2 N–H and O–H groups in total. The zero-order valence-corrected chi connectivity index (χ0v) is 17.4. The summed E-state index contributed by atoms with van der Waals surface area (Å²) in [5.41, 5.74) is 5.36. The second-order valence-corrected chi connectivity index (χ2v) is 7.33. The lowest BCUT2D eigenvalue weighted by Gasteiger charge is -2.44. The molecule has 0 saturated heterocycles. The molecule has 0 aliphatic heterocycles. The van der Waals surface area contributed by atoms with Gasteiger partial charge < -0.3 is 5.32 Å². The van der Waals surface area contributed by atoms with Gasteiger partial charge in [-0.15, -0.1) is 0 Å². The van der Waals surface area contributed by atoms with Gasteiger partial charge in [-0.05, 0) is 6.92 Å². The predicted molar refractivity (Wildman–Crippen MR) is 128 cm³/mol. The summed E-state index contributed by atoms with van der Waals surface area (Å²) in [6, 6.07) is 43.5. The van der Waals surface area contributed by atoms with Crippen LogP contribution in [0.15, 0.2) is 121 Å². The molecule has 4 aromatic rings. The van der Waals surface area contributed by atoms with E-state index in [1.54, 1.807) is 0 Å². The van der Waals surface area contributed by atoms with Crippen LogP contribution in [0.4, 0.5) is 0 Å². The average Bonchev–Trinajstić information content (AvgIpc) is 2.83. The van der Waals surface area contributed by atoms with Crippen LogP contribution >= 0.6 is 0 Å². The maximum absolute atomic E-state index is 2.26. The molecule has 146 valence electrons. The molecule has 0 spiro atoms. The number of hydrogen-bond donors (Lipinski definition) is 1. The molecule has 0 radical (unpaired) electrons. The van der Waals surface area contributed by atoms with Crippen LogP contribution in [0.25, 0.3) is 0 Å². The normalized spacial score (nSPS) is 10.7. The molecule has 0 unspecified atom stereocenters. The highest BCUT2D eigenvalue weighted by atomic mass is 14.8. The lowest BCUT2D eigenvalue weighted by Crippen LogP contribution is -2.78. The third kappa shape index (κ3) is 4.50. The summed E-state index contributed by atoms with van der Waals surface area (Å²) in [5.74, 6) is 0. The van der Waals surface area contributed by atoms with Crippen molar-refractivity contribution in [3.63, 3.8) is 0 Å². The van der Waals surface area contributed by atoms with Crippen molar-refractivity contribution in [3.05, 3.63) is 121 Å². The Kier molecular flexibility index (Phi) is 7.44. The van der Waals surface area contributed by atoms with Gasteiger partial charge in [0, 0.05) is 0 Å². The van der Waals surface area contributed by atoms with Crippen LogP contribution in [0, 0.1) is 0 Å². The molecule has 0 atom stereocenters. The molecule has 0 heterocycles. The number of rotatable bonds is 5. The zero-order chi connectivity index (χ0) is 20.4. The molecule has 4 aromatic carbocycles. The van der Waals surface area contributed by atoms with Gasteiger partial charge in [0.1, 0.15) is 6.15 Å². The van der Waals surface area contributed by atoms with Gasteiger partial charge in [-0.25, -0.2) is 0 Å². The third-order valence-electron chi connectivity index (χ3n) is 5.61. The van der Waals surface area contributed by atoms with E-state index in [1.165, 1.54) is 28.4 Å². The largest absolute Gasteiger partial charge is 0.349 e. The predicted octanol–water partition coefficient (Wildman–Crippen LogP) is 2.26. The molecule has 0 aromatic heterocycles. The van der Waals surface area contributed by atoms with Crippen molar-refractivity contribution in [1.29, 1.82) is 0 Å². The van der Waals surface area contributed by atoms with E-state index in [4.69, 9.17) is 0 Å². The van der Waals surface area contributed by atoms with Crippen molar-refractivity contribution in [2.24, 2.45) is 0 Å². The van der Waals surface area contributed by atoms with Crippen molar-refractivity contribution in [2.75, 3.05) is 13.6 Å². The van der Waals surface area contributed by atoms with Gasteiger partial charge in [0.2, 0.25) is 0 Å². The Hall–Kier alpha value is -3.10. The van der Waals surface area contributed by atoms with Crippen molar-refractivity contribution in [3.8, 4) is 0 Å².